The number of aliphatic hydroxyl groups excluding tert-OH is 1. The molecule has 2 aromatic rings. The second-order valence-electron chi connectivity index (χ2n) is 12.6. The van der Waals surface area contributed by atoms with Crippen molar-refractivity contribution in [2.24, 2.45) is 23.7 Å². The smallest absolute Gasteiger partial charge is 0.270 e. The van der Waals surface area contributed by atoms with Gasteiger partial charge >= 0.3 is 0 Å². The van der Waals surface area contributed by atoms with Crippen molar-refractivity contribution in [2.45, 2.75) is 78.1 Å². The zero-order valence-corrected chi connectivity index (χ0v) is 26.1. The number of alkyl halides is 1. The van der Waals surface area contributed by atoms with Gasteiger partial charge in [0.05, 0.1) is 38.4 Å². The molecule has 3 atom stereocenters. The minimum absolute atomic E-state index is 0.0671. The number of rotatable bonds is 18. The molecule has 0 bridgehead atoms. The van der Waals surface area contributed by atoms with Gasteiger partial charge in [-0.05, 0) is 67.1 Å². The standard InChI is InChI=1S/C34H48FN3O5/c1-5-34(6-2,31(40)15-25(19-39)14-23(3)4)37-32(41)29-12-13-30(38-17-28(35)18-38)33(36-29)43-22-27-16-26(27)21-42-20-24-10-8-7-9-11-24/h7-13,23,25-28,39H,5-6,14-22H2,1-4H3,(H,37,41)/t25-,26+,27+/m1/s1. The molecule has 0 radical (unpaired) electrons. The molecular formula is C34H48FN3O5. The average molecular weight is 598 g/mol. The normalized spacial score (nSPS) is 19.2. The van der Waals surface area contributed by atoms with E-state index in [1.54, 1.807) is 12.1 Å². The predicted molar refractivity (Wildman–Crippen MR) is 165 cm³/mol. The van der Waals surface area contributed by atoms with Crippen molar-refractivity contribution >= 4 is 17.4 Å². The van der Waals surface area contributed by atoms with Gasteiger partial charge in [-0.3, -0.25) is 9.59 Å². The van der Waals surface area contributed by atoms with Crippen LogP contribution in [-0.4, -0.2) is 66.4 Å². The van der Waals surface area contributed by atoms with Gasteiger partial charge in [-0.15, -0.1) is 0 Å². The molecule has 9 heteroatoms. The third-order valence-electron chi connectivity index (χ3n) is 8.83. The Morgan fingerprint density at radius 2 is 1.79 bits per heavy atom. The highest BCUT2D eigenvalue weighted by molar-refractivity contribution is 5.99. The number of aromatic nitrogens is 1. The molecule has 4 rings (SSSR count). The quantitative estimate of drug-likeness (QED) is 0.238. The molecule has 1 aromatic carbocycles. The fourth-order valence-corrected chi connectivity index (χ4v) is 5.85. The number of carbonyl (C=O) groups is 2. The molecule has 0 unspecified atom stereocenters. The average Bonchev–Trinajstić information content (AvgIpc) is 3.75. The fourth-order valence-electron chi connectivity index (χ4n) is 5.85. The molecule has 1 saturated heterocycles. The van der Waals surface area contributed by atoms with Gasteiger partial charge in [0, 0.05) is 13.0 Å². The van der Waals surface area contributed by atoms with Crippen LogP contribution < -0.4 is 15.0 Å². The van der Waals surface area contributed by atoms with Crippen LogP contribution in [0.25, 0.3) is 0 Å². The number of carbonyl (C=O) groups excluding carboxylic acids is 2. The summed E-state index contributed by atoms with van der Waals surface area (Å²) in [4.78, 5) is 33.4. The number of nitrogens with zero attached hydrogens (tertiary/aromatic N) is 2. The first-order valence-corrected chi connectivity index (χ1v) is 15.8. The molecule has 43 heavy (non-hydrogen) atoms. The number of Topliss-reactive ketones (excluding diaryl/α,β-unsaturated/α-hetero) is 1. The molecule has 236 valence electrons. The SMILES string of the molecule is CCC(CC)(NC(=O)c1ccc(N2CC(F)C2)c(OC[C@@H]2C[C@H]2COCc2ccccc2)n1)C(=O)C[C@H](CO)CC(C)C. The van der Waals surface area contributed by atoms with Crippen LogP contribution in [0.1, 0.15) is 75.9 Å². The van der Waals surface area contributed by atoms with Crippen molar-refractivity contribution in [3.63, 3.8) is 0 Å². The highest BCUT2D eigenvalue weighted by Crippen LogP contribution is 2.40. The van der Waals surface area contributed by atoms with Crippen LogP contribution in [0.4, 0.5) is 10.1 Å². The number of anilines is 1. The van der Waals surface area contributed by atoms with Gasteiger partial charge in [0.2, 0.25) is 5.88 Å². The van der Waals surface area contributed by atoms with Crippen molar-refractivity contribution in [3.05, 3.63) is 53.7 Å². The Bertz CT molecular complexity index is 1200. The molecule has 1 aliphatic carbocycles. The lowest BCUT2D eigenvalue weighted by atomic mass is 9.81. The maximum Gasteiger partial charge on any atom is 0.270 e. The summed E-state index contributed by atoms with van der Waals surface area (Å²) < 4.78 is 25.8. The van der Waals surface area contributed by atoms with E-state index in [1.807, 2.05) is 49.1 Å². The Hall–Kier alpha value is -3.04. The third kappa shape index (κ3) is 8.76. The highest BCUT2D eigenvalue weighted by atomic mass is 19.1. The van der Waals surface area contributed by atoms with E-state index >= 15 is 0 Å². The predicted octanol–water partition coefficient (Wildman–Crippen LogP) is 5.37. The van der Waals surface area contributed by atoms with Gasteiger partial charge in [0.25, 0.3) is 5.91 Å². The first-order valence-electron chi connectivity index (χ1n) is 15.8. The summed E-state index contributed by atoms with van der Waals surface area (Å²) in [6.45, 7) is 10.0. The summed E-state index contributed by atoms with van der Waals surface area (Å²) >= 11 is 0. The van der Waals surface area contributed by atoms with Crippen molar-refractivity contribution in [1.82, 2.24) is 10.3 Å². The molecule has 8 nitrogen and oxygen atoms in total. The minimum atomic E-state index is -1.05. The number of nitrogens with one attached hydrogen (secondary N) is 1. The number of ether oxygens (including phenoxy) is 2. The number of hydrogen-bond acceptors (Lipinski definition) is 7. The number of amides is 1. The van der Waals surface area contributed by atoms with Gasteiger partial charge in [-0.25, -0.2) is 9.37 Å². The number of ketones is 1. The lowest BCUT2D eigenvalue weighted by molar-refractivity contribution is -0.127. The van der Waals surface area contributed by atoms with E-state index in [9.17, 15) is 19.1 Å². The van der Waals surface area contributed by atoms with E-state index in [1.165, 1.54) is 0 Å². The van der Waals surface area contributed by atoms with Crippen LogP contribution in [0.15, 0.2) is 42.5 Å². The monoisotopic (exact) mass is 597 g/mol. The molecular weight excluding hydrogens is 549 g/mol. The van der Waals surface area contributed by atoms with Gasteiger partial charge < -0.3 is 24.8 Å². The molecule has 1 aliphatic heterocycles. The first kappa shape index (κ1) is 32.9. The Kier molecular flexibility index (Phi) is 11.5. The molecule has 0 spiro atoms. The maximum atomic E-state index is 13.7. The number of aliphatic hydroxyl groups is 1. The lowest BCUT2D eigenvalue weighted by Crippen LogP contribution is -2.54. The zero-order valence-electron chi connectivity index (χ0n) is 26.1. The van der Waals surface area contributed by atoms with Crippen LogP contribution in [0.5, 0.6) is 5.88 Å². The van der Waals surface area contributed by atoms with Crippen LogP contribution in [0.3, 0.4) is 0 Å². The van der Waals surface area contributed by atoms with E-state index in [4.69, 9.17) is 9.47 Å². The van der Waals surface area contributed by atoms with E-state index in [0.717, 1.165) is 18.4 Å². The van der Waals surface area contributed by atoms with E-state index in [2.05, 4.69) is 24.1 Å². The molecule has 2 N–H and O–H groups in total. The van der Waals surface area contributed by atoms with Crippen LogP contribution in [0, 0.1) is 23.7 Å². The largest absolute Gasteiger partial charge is 0.476 e. The molecule has 1 aromatic heterocycles. The first-order chi connectivity index (χ1) is 20.7. The highest BCUT2D eigenvalue weighted by Gasteiger charge is 2.40. The lowest BCUT2D eigenvalue weighted by Gasteiger charge is -2.37. The van der Waals surface area contributed by atoms with Crippen LogP contribution >= 0.6 is 0 Å². The number of halogens is 1. The van der Waals surface area contributed by atoms with Crippen molar-refractivity contribution in [2.75, 3.05) is 37.8 Å². The molecule has 1 amide bonds. The minimum Gasteiger partial charge on any atom is -0.476 e. The number of pyridine rings is 1. The third-order valence-corrected chi connectivity index (χ3v) is 8.83. The fraction of sp³-hybridized carbons (Fsp3) is 0.618. The van der Waals surface area contributed by atoms with E-state index in [-0.39, 0.29) is 43.5 Å². The van der Waals surface area contributed by atoms with E-state index < -0.39 is 17.6 Å². The Labute approximate surface area is 255 Å². The summed E-state index contributed by atoms with van der Waals surface area (Å²) in [5.41, 5.74) is 0.898. The second-order valence-corrected chi connectivity index (χ2v) is 12.6. The van der Waals surface area contributed by atoms with Crippen LogP contribution in [0.2, 0.25) is 0 Å². The zero-order chi connectivity index (χ0) is 31.0. The van der Waals surface area contributed by atoms with Gasteiger partial charge in [0.15, 0.2) is 5.78 Å². The van der Waals surface area contributed by atoms with Gasteiger partial charge in [-0.1, -0.05) is 58.0 Å². The maximum absolute atomic E-state index is 13.7. The number of benzene rings is 1. The van der Waals surface area contributed by atoms with Gasteiger partial charge in [0.1, 0.15) is 17.6 Å². The summed E-state index contributed by atoms with van der Waals surface area (Å²) in [5.74, 6) is 0.694. The Morgan fingerprint density at radius 1 is 1.09 bits per heavy atom. The second kappa shape index (κ2) is 15.1. The molecule has 2 heterocycles. The summed E-state index contributed by atoms with van der Waals surface area (Å²) in [7, 11) is 0. The molecule has 2 fully saturated rings. The molecule has 1 saturated carbocycles. The van der Waals surface area contributed by atoms with Crippen molar-refractivity contribution < 1.29 is 28.6 Å². The van der Waals surface area contributed by atoms with Crippen LogP contribution in [-0.2, 0) is 16.1 Å². The van der Waals surface area contributed by atoms with Gasteiger partial charge in [-0.2, -0.15) is 0 Å². The summed E-state index contributed by atoms with van der Waals surface area (Å²) in [6.07, 6.45) is 1.88. The summed E-state index contributed by atoms with van der Waals surface area (Å²) in [5, 5.41) is 12.8. The summed E-state index contributed by atoms with van der Waals surface area (Å²) in [6, 6.07) is 13.4. The number of hydrogen-bond donors (Lipinski definition) is 2. The molecule has 2 aliphatic rings. The topological polar surface area (TPSA) is 101 Å². The van der Waals surface area contributed by atoms with Crippen molar-refractivity contribution in [3.8, 4) is 5.88 Å². The Balaban J connectivity index is 1.40. The Morgan fingerprint density at radius 3 is 2.42 bits per heavy atom. The van der Waals surface area contributed by atoms with E-state index in [0.29, 0.717) is 62.0 Å². The van der Waals surface area contributed by atoms with Crippen molar-refractivity contribution in [1.29, 1.82) is 0 Å².